The SMILES string of the molecule is Cc1ccc(S(=O)(=O)O)cc1.O=C(O)C1CC2C=CC1C2. The zero-order valence-electron chi connectivity index (χ0n) is 11.6. The molecule has 0 radical (unpaired) electrons. The number of carboxylic acids is 1. The molecule has 0 saturated heterocycles. The van der Waals surface area contributed by atoms with E-state index in [-0.39, 0.29) is 10.8 Å². The number of hydrogen-bond donors (Lipinski definition) is 2. The number of carboxylic acid groups (broad SMARTS) is 1. The lowest BCUT2D eigenvalue weighted by Gasteiger charge is -2.11. The van der Waals surface area contributed by atoms with Crippen LogP contribution in [0.1, 0.15) is 18.4 Å². The Bertz CT molecular complexity index is 645. The van der Waals surface area contributed by atoms with Crippen LogP contribution in [-0.2, 0) is 14.9 Å². The third kappa shape index (κ3) is 3.92. The largest absolute Gasteiger partial charge is 0.481 e. The van der Waals surface area contributed by atoms with Crippen molar-refractivity contribution >= 4 is 16.1 Å². The molecule has 3 rings (SSSR count). The average molecular weight is 310 g/mol. The van der Waals surface area contributed by atoms with Crippen LogP contribution >= 0.6 is 0 Å². The number of aliphatic carboxylic acids is 1. The molecule has 114 valence electrons. The zero-order valence-corrected chi connectivity index (χ0v) is 12.5. The third-order valence-electron chi connectivity index (χ3n) is 3.91. The first kappa shape index (κ1) is 15.7. The van der Waals surface area contributed by atoms with E-state index < -0.39 is 16.1 Å². The molecule has 1 aromatic carbocycles. The Morgan fingerprint density at radius 1 is 1.14 bits per heavy atom. The van der Waals surface area contributed by atoms with E-state index in [2.05, 4.69) is 12.2 Å². The summed E-state index contributed by atoms with van der Waals surface area (Å²) in [7, 11) is -4.02. The molecule has 1 aromatic rings. The normalized spacial score (nSPS) is 26.3. The summed E-state index contributed by atoms with van der Waals surface area (Å²) in [6, 6.07) is 5.99. The van der Waals surface area contributed by atoms with E-state index in [0.29, 0.717) is 11.8 Å². The molecule has 2 aliphatic carbocycles. The number of allylic oxidation sites excluding steroid dienone is 2. The van der Waals surface area contributed by atoms with Crippen LogP contribution in [0.4, 0.5) is 0 Å². The Labute approximate surface area is 124 Å². The van der Waals surface area contributed by atoms with Gasteiger partial charge in [-0.3, -0.25) is 9.35 Å². The Morgan fingerprint density at radius 2 is 1.76 bits per heavy atom. The molecule has 2 bridgehead atoms. The maximum atomic E-state index is 10.6. The predicted molar refractivity (Wildman–Crippen MR) is 77.5 cm³/mol. The molecule has 0 spiro atoms. The van der Waals surface area contributed by atoms with Crippen molar-refractivity contribution in [3.8, 4) is 0 Å². The van der Waals surface area contributed by atoms with Crippen LogP contribution in [0.15, 0.2) is 41.3 Å². The molecule has 21 heavy (non-hydrogen) atoms. The summed E-state index contributed by atoms with van der Waals surface area (Å²) in [5.74, 6) is 0.237. The molecule has 0 aromatic heterocycles. The van der Waals surface area contributed by atoms with Gasteiger partial charge >= 0.3 is 5.97 Å². The van der Waals surface area contributed by atoms with Crippen molar-refractivity contribution in [2.75, 3.05) is 0 Å². The van der Waals surface area contributed by atoms with Crippen LogP contribution in [0, 0.1) is 24.7 Å². The molecule has 2 N–H and O–H groups in total. The summed E-state index contributed by atoms with van der Waals surface area (Å²) in [5.41, 5.74) is 0.956. The van der Waals surface area contributed by atoms with Crippen LogP contribution in [0.25, 0.3) is 0 Å². The van der Waals surface area contributed by atoms with E-state index in [9.17, 15) is 13.2 Å². The highest BCUT2D eigenvalue weighted by atomic mass is 32.2. The number of hydrogen-bond acceptors (Lipinski definition) is 3. The fraction of sp³-hybridized carbons (Fsp3) is 0.400. The van der Waals surface area contributed by atoms with Gasteiger partial charge in [0.2, 0.25) is 0 Å². The van der Waals surface area contributed by atoms with Crippen LogP contribution in [0.3, 0.4) is 0 Å². The van der Waals surface area contributed by atoms with E-state index in [0.717, 1.165) is 18.4 Å². The van der Waals surface area contributed by atoms with E-state index in [4.69, 9.17) is 9.66 Å². The van der Waals surface area contributed by atoms with Crippen molar-refractivity contribution in [3.63, 3.8) is 0 Å². The van der Waals surface area contributed by atoms with Gasteiger partial charge in [-0.15, -0.1) is 0 Å². The van der Waals surface area contributed by atoms with Crippen LogP contribution in [0.5, 0.6) is 0 Å². The first-order valence-electron chi connectivity index (χ1n) is 6.72. The molecule has 0 amide bonds. The highest BCUT2D eigenvalue weighted by molar-refractivity contribution is 7.85. The van der Waals surface area contributed by atoms with E-state index in [1.165, 1.54) is 12.1 Å². The van der Waals surface area contributed by atoms with E-state index in [1.807, 2.05) is 6.92 Å². The van der Waals surface area contributed by atoms with Gasteiger partial charge in [0.1, 0.15) is 0 Å². The van der Waals surface area contributed by atoms with E-state index >= 15 is 0 Å². The minimum Gasteiger partial charge on any atom is -0.481 e. The molecule has 0 aliphatic heterocycles. The minimum atomic E-state index is -4.02. The fourth-order valence-corrected chi connectivity index (χ4v) is 3.25. The standard InChI is InChI=1S/C8H10O2.C7H8O3S/c9-8(10)7-4-5-1-2-6(7)3-5;1-6-2-4-7(5-3-6)11(8,9)10/h1-2,5-7H,3-4H2,(H,9,10);2-5H,1H3,(H,8,9,10). The van der Waals surface area contributed by atoms with E-state index in [1.54, 1.807) is 12.1 Å². The Balaban J connectivity index is 0.000000154. The highest BCUT2D eigenvalue weighted by Gasteiger charge is 2.39. The Hall–Kier alpha value is -1.66. The summed E-state index contributed by atoms with van der Waals surface area (Å²) in [4.78, 5) is 10.5. The summed E-state index contributed by atoms with van der Waals surface area (Å²) in [6.45, 7) is 1.84. The second-order valence-corrected chi connectivity index (χ2v) is 6.93. The maximum absolute atomic E-state index is 10.6. The van der Waals surface area contributed by atoms with Gasteiger partial charge in [-0.1, -0.05) is 29.8 Å². The lowest BCUT2D eigenvalue weighted by Crippen LogP contribution is -2.17. The first-order chi connectivity index (χ1) is 9.77. The number of fused-ring (bicyclic) bond motifs is 2. The van der Waals surface area contributed by atoms with Crippen molar-refractivity contribution in [3.05, 3.63) is 42.0 Å². The van der Waals surface area contributed by atoms with Gasteiger partial charge in [0.15, 0.2) is 0 Å². The van der Waals surface area contributed by atoms with Crippen molar-refractivity contribution in [1.29, 1.82) is 0 Å². The smallest absolute Gasteiger partial charge is 0.307 e. The van der Waals surface area contributed by atoms with Crippen molar-refractivity contribution < 1.29 is 22.9 Å². The lowest BCUT2D eigenvalue weighted by molar-refractivity contribution is -0.142. The monoisotopic (exact) mass is 310 g/mol. The summed E-state index contributed by atoms with van der Waals surface area (Å²) >= 11 is 0. The van der Waals surface area contributed by atoms with Gasteiger partial charge in [0.05, 0.1) is 10.8 Å². The summed E-state index contributed by atoms with van der Waals surface area (Å²) < 4.78 is 29.6. The van der Waals surface area contributed by atoms with Crippen molar-refractivity contribution in [1.82, 2.24) is 0 Å². The van der Waals surface area contributed by atoms with Gasteiger partial charge in [-0.25, -0.2) is 0 Å². The molecular weight excluding hydrogens is 292 g/mol. The second-order valence-electron chi connectivity index (χ2n) is 5.51. The van der Waals surface area contributed by atoms with Crippen molar-refractivity contribution in [2.24, 2.45) is 17.8 Å². The lowest BCUT2D eigenvalue weighted by atomic mass is 9.94. The minimum absolute atomic E-state index is 0.0666. The first-order valence-corrected chi connectivity index (χ1v) is 8.16. The molecule has 1 fully saturated rings. The molecule has 3 atom stereocenters. The zero-order chi connectivity index (χ0) is 15.6. The van der Waals surface area contributed by atoms with Crippen LogP contribution < -0.4 is 0 Å². The van der Waals surface area contributed by atoms with Crippen molar-refractivity contribution in [2.45, 2.75) is 24.7 Å². The molecular formula is C15H18O5S. The molecule has 5 nitrogen and oxygen atoms in total. The van der Waals surface area contributed by atoms with Gasteiger partial charge in [0.25, 0.3) is 10.1 Å². The van der Waals surface area contributed by atoms with Crippen LogP contribution in [0.2, 0.25) is 0 Å². The number of rotatable bonds is 2. The molecule has 0 heterocycles. The summed E-state index contributed by atoms with van der Waals surface area (Å²) in [6.07, 6.45) is 6.17. The second kappa shape index (κ2) is 5.99. The highest BCUT2D eigenvalue weighted by Crippen LogP contribution is 2.43. The fourth-order valence-electron chi connectivity index (χ4n) is 2.77. The molecule has 3 unspecified atom stereocenters. The van der Waals surface area contributed by atoms with Crippen LogP contribution in [-0.4, -0.2) is 24.0 Å². The molecule has 1 saturated carbocycles. The predicted octanol–water partition coefficient (Wildman–Crippen LogP) is 2.52. The summed E-state index contributed by atoms with van der Waals surface area (Å²) in [5, 5.41) is 8.70. The van der Waals surface area contributed by atoms with Gasteiger partial charge in [0, 0.05) is 0 Å². The maximum Gasteiger partial charge on any atom is 0.307 e. The molecule has 6 heteroatoms. The Morgan fingerprint density at radius 3 is 2.10 bits per heavy atom. The number of benzene rings is 1. The quantitative estimate of drug-likeness (QED) is 0.647. The third-order valence-corrected chi connectivity index (χ3v) is 4.78. The van der Waals surface area contributed by atoms with Gasteiger partial charge < -0.3 is 5.11 Å². The van der Waals surface area contributed by atoms with Gasteiger partial charge in [-0.05, 0) is 43.7 Å². The van der Waals surface area contributed by atoms with Gasteiger partial charge in [-0.2, -0.15) is 8.42 Å². The number of aryl methyl sites for hydroxylation is 1. The topological polar surface area (TPSA) is 91.7 Å². The average Bonchev–Trinajstić information content (AvgIpc) is 3.01. The molecule has 2 aliphatic rings. The number of carbonyl (C=O) groups is 1. The Kier molecular flexibility index (Phi) is 4.49.